The van der Waals surface area contributed by atoms with E-state index in [0.29, 0.717) is 21.4 Å². The lowest BCUT2D eigenvalue weighted by molar-refractivity contribution is -0.137. The van der Waals surface area contributed by atoms with Gasteiger partial charge in [0.15, 0.2) is 5.57 Å². The lowest BCUT2D eigenvalue weighted by atomic mass is 9.95. The van der Waals surface area contributed by atoms with Gasteiger partial charge in [-0.3, -0.25) is 4.90 Å². The van der Waals surface area contributed by atoms with E-state index in [4.69, 9.17) is 4.74 Å². The normalized spacial score (nSPS) is 17.0. The van der Waals surface area contributed by atoms with Gasteiger partial charge in [-0.15, -0.1) is 0 Å². The van der Waals surface area contributed by atoms with E-state index in [1.54, 1.807) is 24.0 Å². The smallest absolute Gasteiger partial charge is 0.348 e. The molecule has 1 N–H and O–H groups in total. The Kier molecular flexibility index (Phi) is 6.79. The first kappa shape index (κ1) is 20.8. The van der Waals surface area contributed by atoms with Crippen molar-refractivity contribution in [2.45, 2.75) is 45.1 Å². The van der Waals surface area contributed by atoms with Crippen LogP contribution in [-0.4, -0.2) is 18.6 Å². The standard InChI is InChI=1S/C21H21FN4O2S/c1-2-28-21(27)18-19(25-16-6-4-3-5-7-16)26(17-10-8-15(22)9-11-17)20(29-18)14(12-23)13-24/h8-11,16,25H,2-7H2,1H3. The molecule has 1 aromatic rings. The maximum atomic E-state index is 13.5. The molecule has 1 fully saturated rings. The van der Waals surface area contributed by atoms with Gasteiger partial charge in [-0.25, -0.2) is 9.18 Å². The highest BCUT2D eigenvalue weighted by molar-refractivity contribution is 8.08. The second-order valence-electron chi connectivity index (χ2n) is 6.70. The molecule has 8 heteroatoms. The predicted octanol–water partition coefficient (Wildman–Crippen LogP) is 4.29. The lowest BCUT2D eigenvalue weighted by Gasteiger charge is -2.30. The van der Waals surface area contributed by atoms with E-state index in [-0.39, 0.29) is 18.2 Å². The molecule has 1 aliphatic carbocycles. The Morgan fingerprint density at radius 3 is 2.48 bits per heavy atom. The molecule has 1 saturated carbocycles. The van der Waals surface area contributed by atoms with Crippen LogP contribution < -0.4 is 10.2 Å². The number of allylic oxidation sites excluding steroid dienone is 1. The second-order valence-corrected chi connectivity index (χ2v) is 7.69. The Bertz CT molecular complexity index is 905. The van der Waals surface area contributed by atoms with E-state index in [9.17, 15) is 19.7 Å². The number of esters is 1. The molecule has 1 aliphatic heterocycles. The fourth-order valence-corrected chi connectivity index (χ4v) is 4.48. The van der Waals surface area contributed by atoms with Crippen LogP contribution in [0.25, 0.3) is 0 Å². The van der Waals surface area contributed by atoms with Crippen molar-refractivity contribution >= 4 is 23.4 Å². The minimum absolute atomic E-state index is 0.124. The maximum Gasteiger partial charge on any atom is 0.348 e. The second kappa shape index (κ2) is 9.49. The van der Waals surface area contributed by atoms with Crippen LogP contribution in [0.2, 0.25) is 0 Å². The summed E-state index contributed by atoms with van der Waals surface area (Å²) in [4.78, 5) is 14.6. The molecule has 6 nitrogen and oxygen atoms in total. The number of hydrogen-bond donors (Lipinski definition) is 1. The first-order valence-corrected chi connectivity index (χ1v) is 10.4. The van der Waals surface area contributed by atoms with Crippen molar-refractivity contribution in [3.8, 4) is 12.1 Å². The molecule has 3 rings (SSSR count). The highest BCUT2D eigenvalue weighted by Crippen LogP contribution is 2.45. The highest BCUT2D eigenvalue weighted by Gasteiger charge is 2.37. The molecular formula is C21H21FN4O2S. The molecule has 0 saturated heterocycles. The number of carbonyl (C=O) groups is 1. The van der Waals surface area contributed by atoms with Gasteiger partial charge in [0.25, 0.3) is 0 Å². The largest absolute Gasteiger partial charge is 0.462 e. The number of nitrogens with zero attached hydrogens (tertiary/aromatic N) is 3. The third kappa shape index (κ3) is 4.55. The Morgan fingerprint density at radius 1 is 1.24 bits per heavy atom. The number of hydrogen-bond acceptors (Lipinski definition) is 7. The molecule has 0 bridgehead atoms. The summed E-state index contributed by atoms with van der Waals surface area (Å²) in [5.41, 5.74) is 0.427. The zero-order chi connectivity index (χ0) is 20.8. The monoisotopic (exact) mass is 412 g/mol. The summed E-state index contributed by atoms with van der Waals surface area (Å²) in [5.74, 6) is -0.443. The number of anilines is 1. The number of rotatable bonds is 5. The first-order valence-electron chi connectivity index (χ1n) is 9.55. The maximum absolute atomic E-state index is 13.5. The predicted molar refractivity (Wildman–Crippen MR) is 108 cm³/mol. The average molecular weight is 412 g/mol. The number of benzene rings is 1. The van der Waals surface area contributed by atoms with Gasteiger partial charge in [-0.2, -0.15) is 10.5 Å². The van der Waals surface area contributed by atoms with Gasteiger partial charge in [-0.1, -0.05) is 31.0 Å². The molecule has 0 spiro atoms. The molecule has 0 aromatic heterocycles. The van der Waals surface area contributed by atoms with Crippen LogP contribution in [0, 0.1) is 28.5 Å². The molecular weight excluding hydrogens is 391 g/mol. The van der Waals surface area contributed by atoms with Gasteiger partial charge in [0.1, 0.15) is 33.7 Å². The SMILES string of the molecule is CCOC(=O)C1=C(NC2CCCCC2)N(c2ccc(F)cc2)C(=C(C#N)C#N)S1. The van der Waals surface area contributed by atoms with Crippen molar-refractivity contribution in [3.63, 3.8) is 0 Å². The molecule has 2 aliphatic rings. The van der Waals surface area contributed by atoms with Gasteiger partial charge in [0.2, 0.25) is 0 Å². The van der Waals surface area contributed by atoms with Gasteiger partial charge >= 0.3 is 5.97 Å². The molecule has 0 radical (unpaired) electrons. The summed E-state index contributed by atoms with van der Waals surface area (Å²) >= 11 is 1.03. The van der Waals surface area contributed by atoms with Crippen molar-refractivity contribution in [2.75, 3.05) is 11.5 Å². The molecule has 1 heterocycles. The van der Waals surface area contributed by atoms with Crippen LogP contribution in [-0.2, 0) is 9.53 Å². The van der Waals surface area contributed by atoms with Crippen LogP contribution in [0.3, 0.4) is 0 Å². The minimum atomic E-state index is -0.520. The number of nitrogens with one attached hydrogen (secondary N) is 1. The van der Waals surface area contributed by atoms with Gasteiger partial charge in [-0.05, 0) is 44.0 Å². The van der Waals surface area contributed by atoms with Crippen LogP contribution in [0.5, 0.6) is 0 Å². The van der Waals surface area contributed by atoms with Crippen LogP contribution >= 0.6 is 11.8 Å². The molecule has 29 heavy (non-hydrogen) atoms. The van der Waals surface area contributed by atoms with Crippen molar-refractivity contribution in [1.82, 2.24) is 5.32 Å². The fourth-order valence-electron chi connectivity index (χ4n) is 3.42. The molecule has 0 atom stereocenters. The topological polar surface area (TPSA) is 89.2 Å². The van der Waals surface area contributed by atoms with Crippen LogP contribution in [0.15, 0.2) is 45.6 Å². The van der Waals surface area contributed by atoms with Gasteiger partial charge in [0, 0.05) is 11.7 Å². The van der Waals surface area contributed by atoms with E-state index >= 15 is 0 Å². The Hall–Kier alpha value is -2.97. The number of thioether (sulfide) groups is 1. The number of carbonyl (C=O) groups excluding carboxylic acids is 1. The third-order valence-corrected chi connectivity index (χ3v) is 5.91. The molecule has 150 valence electrons. The van der Waals surface area contributed by atoms with Gasteiger partial charge in [0.05, 0.1) is 6.61 Å². The van der Waals surface area contributed by atoms with E-state index in [0.717, 1.165) is 37.4 Å². The van der Waals surface area contributed by atoms with Crippen molar-refractivity contribution < 1.29 is 13.9 Å². The summed E-state index contributed by atoms with van der Waals surface area (Å²) in [6, 6.07) is 9.67. The van der Waals surface area contributed by atoms with E-state index < -0.39 is 11.8 Å². The Morgan fingerprint density at radius 2 is 1.90 bits per heavy atom. The summed E-state index contributed by atoms with van der Waals surface area (Å²) in [7, 11) is 0. The van der Waals surface area contributed by atoms with Crippen LogP contribution in [0.4, 0.5) is 10.1 Å². The summed E-state index contributed by atoms with van der Waals surface area (Å²) in [6.45, 7) is 1.93. The molecule has 0 unspecified atom stereocenters. The van der Waals surface area contributed by atoms with Gasteiger partial charge < -0.3 is 10.1 Å². The van der Waals surface area contributed by atoms with E-state index in [1.165, 1.54) is 18.6 Å². The van der Waals surface area contributed by atoms with Crippen molar-refractivity contribution in [1.29, 1.82) is 10.5 Å². The number of halogens is 1. The third-order valence-electron chi connectivity index (χ3n) is 4.77. The number of nitriles is 2. The molecule has 1 aromatic carbocycles. The Balaban J connectivity index is 2.12. The van der Waals surface area contributed by atoms with E-state index in [2.05, 4.69) is 5.32 Å². The summed E-state index contributed by atoms with van der Waals surface area (Å²) in [5, 5.41) is 22.6. The van der Waals surface area contributed by atoms with Crippen molar-refractivity contribution in [3.05, 3.63) is 51.4 Å². The minimum Gasteiger partial charge on any atom is -0.462 e. The first-order chi connectivity index (χ1) is 14.1. The van der Waals surface area contributed by atoms with E-state index in [1.807, 2.05) is 12.1 Å². The zero-order valence-corrected chi connectivity index (χ0v) is 16.9. The van der Waals surface area contributed by atoms with Crippen molar-refractivity contribution in [2.24, 2.45) is 0 Å². The van der Waals surface area contributed by atoms with Crippen LogP contribution in [0.1, 0.15) is 39.0 Å². The summed E-state index contributed by atoms with van der Waals surface area (Å²) in [6.07, 6.45) is 5.28. The Labute approximate surface area is 173 Å². The molecule has 0 amide bonds. The summed E-state index contributed by atoms with van der Waals surface area (Å²) < 4.78 is 18.7. The highest BCUT2D eigenvalue weighted by atomic mass is 32.2. The fraction of sp³-hybridized carbons (Fsp3) is 0.381. The average Bonchev–Trinajstić information content (AvgIpc) is 3.09. The number of ether oxygens (including phenoxy) is 1. The quantitative estimate of drug-likeness (QED) is 0.570. The lowest BCUT2D eigenvalue weighted by Crippen LogP contribution is -2.37. The zero-order valence-electron chi connectivity index (χ0n) is 16.1.